The van der Waals surface area contributed by atoms with Gasteiger partial charge < -0.3 is 10.2 Å². The van der Waals surface area contributed by atoms with Crippen LogP contribution in [-0.4, -0.2) is 36.1 Å². The molecule has 4 heteroatoms. The summed E-state index contributed by atoms with van der Waals surface area (Å²) in [4.78, 5) is 11.3. The number of anilines is 1. The molecule has 0 radical (unpaired) electrons. The molecule has 1 saturated heterocycles. The highest BCUT2D eigenvalue weighted by Gasteiger charge is 2.18. The van der Waals surface area contributed by atoms with Crippen LogP contribution in [0.2, 0.25) is 0 Å². The number of nitrogens with zero attached hydrogens (tertiary/aromatic N) is 3. The highest BCUT2D eigenvalue weighted by atomic mass is 15.2. The van der Waals surface area contributed by atoms with Crippen molar-refractivity contribution < 1.29 is 0 Å². The Kier molecular flexibility index (Phi) is 4.93. The Morgan fingerprint density at radius 3 is 2.67 bits per heavy atom. The van der Waals surface area contributed by atoms with Gasteiger partial charge in [-0.1, -0.05) is 6.92 Å². The molecule has 18 heavy (non-hydrogen) atoms. The number of piperidine rings is 1. The van der Waals surface area contributed by atoms with Crippen molar-refractivity contribution in [3.63, 3.8) is 0 Å². The molecule has 1 aromatic rings. The maximum atomic E-state index is 4.51. The van der Waals surface area contributed by atoms with Crippen molar-refractivity contribution in [1.29, 1.82) is 0 Å². The molecule has 4 nitrogen and oxygen atoms in total. The van der Waals surface area contributed by atoms with Crippen LogP contribution in [0.1, 0.15) is 31.9 Å². The first-order valence-corrected chi connectivity index (χ1v) is 7.04. The Bertz CT molecular complexity index is 361. The minimum atomic E-state index is 0.791. The average Bonchev–Trinajstić information content (AvgIpc) is 2.40. The molecule has 2 rings (SSSR count). The van der Waals surface area contributed by atoms with Crippen molar-refractivity contribution in [3.8, 4) is 0 Å². The van der Waals surface area contributed by atoms with Crippen molar-refractivity contribution >= 4 is 5.82 Å². The molecule has 1 aliphatic rings. The van der Waals surface area contributed by atoms with Crippen LogP contribution >= 0.6 is 0 Å². The Labute approximate surface area is 110 Å². The summed E-state index contributed by atoms with van der Waals surface area (Å²) in [5.74, 6) is 1.86. The summed E-state index contributed by atoms with van der Waals surface area (Å²) in [5, 5.41) is 3.42. The molecule has 0 saturated carbocycles. The molecule has 1 fully saturated rings. The quantitative estimate of drug-likeness (QED) is 0.865. The topological polar surface area (TPSA) is 41.0 Å². The van der Waals surface area contributed by atoms with Crippen molar-refractivity contribution in [2.24, 2.45) is 5.92 Å². The van der Waals surface area contributed by atoms with Gasteiger partial charge >= 0.3 is 0 Å². The van der Waals surface area contributed by atoms with Crippen LogP contribution in [0.3, 0.4) is 0 Å². The van der Waals surface area contributed by atoms with Gasteiger partial charge in [-0.05, 0) is 45.2 Å². The lowest BCUT2D eigenvalue weighted by atomic mass is 9.97. The normalized spacial score (nSPS) is 16.8. The van der Waals surface area contributed by atoms with E-state index in [1.807, 2.05) is 6.92 Å². The Hall–Kier alpha value is -1.16. The number of hydrogen-bond donors (Lipinski definition) is 1. The van der Waals surface area contributed by atoms with Gasteiger partial charge in [-0.3, -0.25) is 4.98 Å². The maximum absolute atomic E-state index is 4.51. The first kappa shape index (κ1) is 13.3. The van der Waals surface area contributed by atoms with Crippen molar-refractivity contribution in [2.75, 3.05) is 31.1 Å². The second kappa shape index (κ2) is 6.69. The van der Waals surface area contributed by atoms with E-state index in [1.165, 1.54) is 12.8 Å². The molecule has 0 atom stereocenters. The average molecular weight is 248 g/mol. The first-order valence-electron chi connectivity index (χ1n) is 7.04. The zero-order valence-electron chi connectivity index (χ0n) is 11.5. The smallest absolute Gasteiger partial charge is 0.150 e. The molecule has 100 valence electrons. The molecule has 0 aromatic carbocycles. The SMILES string of the molecule is CCCN(CC1CCNCC1)c1nccnc1C. The number of nitrogens with one attached hydrogen (secondary N) is 1. The predicted octanol–water partition coefficient (Wildman–Crippen LogP) is 2.00. The fraction of sp³-hybridized carbons (Fsp3) is 0.714. The fourth-order valence-electron chi connectivity index (χ4n) is 2.64. The van der Waals surface area contributed by atoms with Gasteiger partial charge in [-0.25, -0.2) is 4.98 Å². The Morgan fingerprint density at radius 1 is 1.28 bits per heavy atom. The lowest BCUT2D eigenvalue weighted by Gasteiger charge is -2.31. The first-order chi connectivity index (χ1) is 8.81. The second-order valence-electron chi connectivity index (χ2n) is 5.10. The van der Waals surface area contributed by atoms with Crippen LogP contribution in [0.5, 0.6) is 0 Å². The molecule has 0 unspecified atom stereocenters. The molecule has 1 N–H and O–H groups in total. The summed E-state index contributed by atoms with van der Waals surface area (Å²) in [6, 6.07) is 0. The van der Waals surface area contributed by atoms with Crippen molar-refractivity contribution in [3.05, 3.63) is 18.1 Å². The third kappa shape index (κ3) is 3.42. The van der Waals surface area contributed by atoms with Crippen LogP contribution in [0, 0.1) is 12.8 Å². The van der Waals surface area contributed by atoms with E-state index in [0.717, 1.165) is 50.0 Å². The minimum absolute atomic E-state index is 0.791. The van der Waals surface area contributed by atoms with Crippen molar-refractivity contribution in [1.82, 2.24) is 15.3 Å². The third-order valence-electron chi connectivity index (χ3n) is 3.59. The largest absolute Gasteiger partial charge is 0.355 e. The molecule has 0 aliphatic carbocycles. The molecule has 0 spiro atoms. The molecular weight excluding hydrogens is 224 g/mol. The van der Waals surface area contributed by atoms with Gasteiger partial charge in [0.15, 0.2) is 0 Å². The molecule has 1 aromatic heterocycles. The van der Waals surface area contributed by atoms with Gasteiger partial charge in [0, 0.05) is 25.5 Å². The summed E-state index contributed by atoms with van der Waals surface area (Å²) in [5.41, 5.74) is 1.04. The highest BCUT2D eigenvalue weighted by molar-refractivity contribution is 5.42. The van der Waals surface area contributed by atoms with Crippen LogP contribution < -0.4 is 10.2 Å². The van der Waals surface area contributed by atoms with Gasteiger partial charge in [0.25, 0.3) is 0 Å². The number of hydrogen-bond acceptors (Lipinski definition) is 4. The van der Waals surface area contributed by atoms with E-state index in [9.17, 15) is 0 Å². The standard InChI is InChI=1S/C14H24N4/c1-3-10-18(11-13-4-6-15-7-5-13)14-12(2)16-8-9-17-14/h8-9,13,15H,3-7,10-11H2,1-2H3. The van der Waals surface area contributed by atoms with E-state index >= 15 is 0 Å². The van der Waals surface area contributed by atoms with Crippen LogP contribution in [0.15, 0.2) is 12.4 Å². The fourth-order valence-corrected chi connectivity index (χ4v) is 2.64. The number of rotatable bonds is 5. The van der Waals surface area contributed by atoms with Crippen LogP contribution in [-0.2, 0) is 0 Å². The lowest BCUT2D eigenvalue weighted by Crippen LogP contribution is -2.37. The highest BCUT2D eigenvalue weighted by Crippen LogP contribution is 2.20. The van der Waals surface area contributed by atoms with Gasteiger partial charge in [0.2, 0.25) is 0 Å². The molecular formula is C14H24N4. The van der Waals surface area contributed by atoms with E-state index < -0.39 is 0 Å². The van der Waals surface area contributed by atoms with E-state index in [-0.39, 0.29) is 0 Å². The predicted molar refractivity (Wildman–Crippen MR) is 74.9 cm³/mol. The van der Waals surface area contributed by atoms with E-state index in [2.05, 4.69) is 27.1 Å². The monoisotopic (exact) mass is 248 g/mol. The number of aryl methyl sites for hydroxylation is 1. The summed E-state index contributed by atoms with van der Waals surface area (Å²) < 4.78 is 0. The molecule has 0 bridgehead atoms. The molecule has 2 heterocycles. The lowest BCUT2D eigenvalue weighted by molar-refractivity contribution is 0.372. The molecule has 1 aliphatic heterocycles. The minimum Gasteiger partial charge on any atom is -0.355 e. The Balaban J connectivity index is 2.05. The Morgan fingerprint density at radius 2 is 2.00 bits per heavy atom. The van der Waals surface area contributed by atoms with Crippen molar-refractivity contribution in [2.45, 2.75) is 33.1 Å². The second-order valence-corrected chi connectivity index (χ2v) is 5.10. The maximum Gasteiger partial charge on any atom is 0.150 e. The van der Waals surface area contributed by atoms with Gasteiger partial charge in [-0.2, -0.15) is 0 Å². The number of aromatic nitrogens is 2. The summed E-state index contributed by atoms with van der Waals surface area (Å²) in [7, 11) is 0. The van der Waals surface area contributed by atoms with Gasteiger partial charge in [0.1, 0.15) is 5.82 Å². The van der Waals surface area contributed by atoms with Crippen LogP contribution in [0.25, 0.3) is 0 Å². The van der Waals surface area contributed by atoms with Gasteiger partial charge in [0.05, 0.1) is 5.69 Å². The summed E-state index contributed by atoms with van der Waals surface area (Å²) in [6.45, 7) is 8.78. The molecule has 0 amide bonds. The van der Waals surface area contributed by atoms with Gasteiger partial charge in [-0.15, -0.1) is 0 Å². The zero-order valence-corrected chi connectivity index (χ0v) is 11.5. The van der Waals surface area contributed by atoms with E-state index in [4.69, 9.17) is 0 Å². The summed E-state index contributed by atoms with van der Waals surface area (Å²) >= 11 is 0. The zero-order chi connectivity index (χ0) is 12.8. The van der Waals surface area contributed by atoms with E-state index in [0.29, 0.717) is 0 Å². The summed E-state index contributed by atoms with van der Waals surface area (Å²) in [6.07, 6.45) is 7.28. The van der Waals surface area contributed by atoms with Crippen LogP contribution in [0.4, 0.5) is 5.82 Å². The third-order valence-corrected chi connectivity index (χ3v) is 3.59. The van der Waals surface area contributed by atoms with E-state index in [1.54, 1.807) is 12.4 Å².